The maximum absolute atomic E-state index is 5.80. The molecule has 0 radical (unpaired) electrons. The summed E-state index contributed by atoms with van der Waals surface area (Å²) in [6, 6.07) is 6.19. The van der Waals surface area contributed by atoms with Crippen LogP contribution in [0.3, 0.4) is 0 Å². The third-order valence-electron chi connectivity index (χ3n) is 3.35. The molecule has 17 heavy (non-hydrogen) atoms. The zero-order valence-electron chi connectivity index (χ0n) is 10.6. The Morgan fingerprint density at radius 3 is 2.53 bits per heavy atom. The number of ether oxygens (including phenoxy) is 2. The summed E-state index contributed by atoms with van der Waals surface area (Å²) in [4.78, 5) is 0. The predicted molar refractivity (Wildman–Crippen MR) is 68.5 cm³/mol. The SMILES string of the molecule is CC(C)C(CN)Cc1ccc2c(c1)OCCO2. The number of hydrogen-bond acceptors (Lipinski definition) is 3. The first-order valence-electron chi connectivity index (χ1n) is 6.29. The molecule has 0 spiro atoms. The lowest BCUT2D eigenvalue weighted by molar-refractivity contribution is 0.171. The Labute approximate surface area is 103 Å². The van der Waals surface area contributed by atoms with E-state index in [9.17, 15) is 0 Å². The van der Waals surface area contributed by atoms with Crippen LogP contribution in [0.5, 0.6) is 11.5 Å². The summed E-state index contributed by atoms with van der Waals surface area (Å²) in [5.74, 6) is 2.85. The summed E-state index contributed by atoms with van der Waals surface area (Å²) in [7, 11) is 0. The third kappa shape index (κ3) is 2.91. The number of benzene rings is 1. The highest BCUT2D eigenvalue weighted by molar-refractivity contribution is 5.43. The summed E-state index contributed by atoms with van der Waals surface area (Å²) in [5, 5.41) is 0. The van der Waals surface area contributed by atoms with E-state index in [1.807, 2.05) is 6.07 Å². The van der Waals surface area contributed by atoms with Gasteiger partial charge in [-0.3, -0.25) is 0 Å². The molecule has 0 bridgehead atoms. The molecule has 0 saturated carbocycles. The van der Waals surface area contributed by atoms with Crippen LogP contribution in [0.2, 0.25) is 0 Å². The summed E-state index contributed by atoms with van der Waals surface area (Å²) < 4.78 is 11.1. The van der Waals surface area contributed by atoms with Crippen molar-refractivity contribution in [3.63, 3.8) is 0 Å². The summed E-state index contributed by atoms with van der Waals surface area (Å²) >= 11 is 0. The first-order valence-corrected chi connectivity index (χ1v) is 6.29. The minimum atomic E-state index is 0.526. The minimum Gasteiger partial charge on any atom is -0.486 e. The van der Waals surface area contributed by atoms with E-state index in [1.165, 1.54) is 5.56 Å². The first-order chi connectivity index (χ1) is 8.20. The van der Waals surface area contributed by atoms with Gasteiger partial charge in [-0.05, 0) is 42.5 Å². The van der Waals surface area contributed by atoms with Crippen LogP contribution in [0, 0.1) is 11.8 Å². The Bertz CT molecular complexity index is 376. The molecule has 1 unspecified atom stereocenters. The molecule has 2 rings (SSSR count). The van der Waals surface area contributed by atoms with Crippen LogP contribution in [0.15, 0.2) is 18.2 Å². The fourth-order valence-corrected chi connectivity index (χ4v) is 2.11. The van der Waals surface area contributed by atoms with Gasteiger partial charge in [-0.25, -0.2) is 0 Å². The van der Waals surface area contributed by atoms with E-state index in [0.29, 0.717) is 25.0 Å². The molecule has 0 aliphatic carbocycles. The lowest BCUT2D eigenvalue weighted by Gasteiger charge is -2.21. The smallest absolute Gasteiger partial charge is 0.161 e. The molecular formula is C14H21NO2. The van der Waals surface area contributed by atoms with Gasteiger partial charge in [-0.15, -0.1) is 0 Å². The molecular weight excluding hydrogens is 214 g/mol. The van der Waals surface area contributed by atoms with Gasteiger partial charge in [0.15, 0.2) is 11.5 Å². The largest absolute Gasteiger partial charge is 0.486 e. The molecule has 1 heterocycles. The molecule has 0 amide bonds. The van der Waals surface area contributed by atoms with Crippen LogP contribution < -0.4 is 15.2 Å². The zero-order valence-corrected chi connectivity index (χ0v) is 10.6. The summed E-state index contributed by atoms with van der Waals surface area (Å²) in [6.07, 6.45) is 1.00. The maximum Gasteiger partial charge on any atom is 0.161 e. The van der Waals surface area contributed by atoms with Gasteiger partial charge >= 0.3 is 0 Å². The molecule has 0 aromatic heterocycles. The van der Waals surface area contributed by atoms with Gasteiger partial charge in [0, 0.05) is 0 Å². The Morgan fingerprint density at radius 1 is 1.18 bits per heavy atom. The lowest BCUT2D eigenvalue weighted by Crippen LogP contribution is -2.22. The van der Waals surface area contributed by atoms with E-state index in [1.54, 1.807) is 0 Å². The average Bonchev–Trinajstić information content (AvgIpc) is 2.35. The molecule has 3 heteroatoms. The Hall–Kier alpha value is -1.22. The van der Waals surface area contributed by atoms with Crippen molar-refractivity contribution >= 4 is 0 Å². The maximum atomic E-state index is 5.80. The van der Waals surface area contributed by atoms with Gasteiger partial charge in [-0.1, -0.05) is 19.9 Å². The lowest BCUT2D eigenvalue weighted by atomic mass is 9.89. The second kappa shape index (κ2) is 5.41. The van der Waals surface area contributed by atoms with E-state index < -0.39 is 0 Å². The van der Waals surface area contributed by atoms with Crippen molar-refractivity contribution in [1.29, 1.82) is 0 Å². The highest BCUT2D eigenvalue weighted by Gasteiger charge is 2.15. The number of rotatable bonds is 4. The van der Waals surface area contributed by atoms with Crippen LogP contribution in [0.1, 0.15) is 19.4 Å². The molecule has 1 atom stereocenters. The van der Waals surface area contributed by atoms with Crippen molar-refractivity contribution < 1.29 is 9.47 Å². The predicted octanol–water partition coefficient (Wildman–Crippen LogP) is 2.23. The van der Waals surface area contributed by atoms with Crippen molar-refractivity contribution in [3.05, 3.63) is 23.8 Å². The van der Waals surface area contributed by atoms with Gasteiger partial charge in [0.05, 0.1) is 0 Å². The second-order valence-electron chi connectivity index (χ2n) is 4.92. The van der Waals surface area contributed by atoms with Crippen LogP contribution in [-0.4, -0.2) is 19.8 Å². The zero-order chi connectivity index (χ0) is 12.3. The van der Waals surface area contributed by atoms with Crippen molar-refractivity contribution in [2.45, 2.75) is 20.3 Å². The number of fused-ring (bicyclic) bond motifs is 1. The van der Waals surface area contributed by atoms with Crippen LogP contribution in [0.25, 0.3) is 0 Å². The quantitative estimate of drug-likeness (QED) is 0.870. The summed E-state index contributed by atoms with van der Waals surface area (Å²) in [5.41, 5.74) is 7.08. The van der Waals surface area contributed by atoms with Crippen LogP contribution in [-0.2, 0) is 6.42 Å². The van der Waals surface area contributed by atoms with E-state index in [2.05, 4.69) is 26.0 Å². The monoisotopic (exact) mass is 235 g/mol. The molecule has 1 aliphatic heterocycles. The molecule has 0 saturated heterocycles. The molecule has 0 fully saturated rings. The summed E-state index contributed by atoms with van der Waals surface area (Å²) in [6.45, 7) is 6.45. The molecule has 1 aromatic carbocycles. The van der Waals surface area contributed by atoms with E-state index in [4.69, 9.17) is 15.2 Å². The molecule has 2 N–H and O–H groups in total. The average molecular weight is 235 g/mol. The van der Waals surface area contributed by atoms with Crippen molar-refractivity contribution in [3.8, 4) is 11.5 Å². The van der Waals surface area contributed by atoms with Crippen molar-refractivity contribution in [2.75, 3.05) is 19.8 Å². The van der Waals surface area contributed by atoms with E-state index >= 15 is 0 Å². The number of nitrogens with two attached hydrogens (primary N) is 1. The fraction of sp³-hybridized carbons (Fsp3) is 0.571. The molecule has 94 valence electrons. The van der Waals surface area contributed by atoms with E-state index in [-0.39, 0.29) is 0 Å². The van der Waals surface area contributed by atoms with Gasteiger partial charge in [0.25, 0.3) is 0 Å². The van der Waals surface area contributed by atoms with Crippen LogP contribution in [0.4, 0.5) is 0 Å². The molecule has 3 nitrogen and oxygen atoms in total. The van der Waals surface area contributed by atoms with Gasteiger partial charge in [0.1, 0.15) is 13.2 Å². The first kappa shape index (κ1) is 12.2. The van der Waals surface area contributed by atoms with Gasteiger partial charge in [0.2, 0.25) is 0 Å². The van der Waals surface area contributed by atoms with Gasteiger partial charge in [-0.2, -0.15) is 0 Å². The standard InChI is InChI=1S/C14H21NO2/c1-10(2)12(9-15)7-11-3-4-13-14(8-11)17-6-5-16-13/h3-4,8,10,12H,5-7,9,15H2,1-2H3. The third-order valence-corrected chi connectivity index (χ3v) is 3.35. The van der Waals surface area contributed by atoms with Crippen LogP contribution >= 0.6 is 0 Å². The topological polar surface area (TPSA) is 44.5 Å². The Kier molecular flexibility index (Phi) is 3.89. The molecule has 1 aromatic rings. The normalized spacial score (nSPS) is 16.0. The highest BCUT2D eigenvalue weighted by Crippen LogP contribution is 2.31. The Morgan fingerprint density at radius 2 is 1.88 bits per heavy atom. The Balaban J connectivity index is 2.11. The van der Waals surface area contributed by atoms with Crippen molar-refractivity contribution in [1.82, 2.24) is 0 Å². The second-order valence-corrected chi connectivity index (χ2v) is 4.92. The molecule has 1 aliphatic rings. The number of hydrogen-bond donors (Lipinski definition) is 1. The fourth-order valence-electron chi connectivity index (χ4n) is 2.11. The highest BCUT2D eigenvalue weighted by atomic mass is 16.6. The van der Waals surface area contributed by atoms with E-state index in [0.717, 1.165) is 24.5 Å². The minimum absolute atomic E-state index is 0.526. The van der Waals surface area contributed by atoms with Crippen molar-refractivity contribution in [2.24, 2.45) is 17.6 Å². The van der Waals surface area contributed by atoms with Gasteiger partial charge < -0.3 is 15.2 Å².